The predicted octanol–water partition coefficient (Wildman–Crippen LogP) is 4.25. The molecule has 29 heavy (non-hydrogen) atoms. The molecule has 0 unspecified atom stereocenters. The maximum Gasteiger partial charge on any atom is 0.233 e. The van der Waals surface area contributed by atoms with Gasteiger partial charge in [0, 0.05) is 17.6 Å². The Balaban J connectivity index is 0.00000240. The minimum atomic E-state index is -0.311. The molecule has 0 amide bonds. The van der Waals surface area contributed by atoms with Crippen LogP contribution < -0.4 is 16.0 Å². The molecule has 2 heterocycles. The Morgan fingerprint density at radius 3 is 2.03 bits per heavy atom. The molecule has 0 fully saturated rings. The molecule has 2 aromatic carbocycles. The van der Waals surface area contributed by atoms with Gasteiger partial charge in [-0.1, -0.05) is 18.2 Å². The van der Waals surface area contributed by atoms with Crippen molar-refractivity contribution in [1.82, 2.24) is 24.9 Å². The molecular formula is C19H18ClFN8. The zero-order valence-corrected chi connectivity index (χ0v) is 15.9. The lowest BCUT2D eigenvalue weighted by molar-refractivity contribution is 0.628. The first-order valence-corrected chi connectivity index (χ1v) is 8.56. The number of aromatic amines is 1. The number of H-pyrrole nitrogens is 1. The van der Waals surface area contributed by atoms with Gasteiger partial charge in [-0.15, -0.1) is 12.4 Å². The fourth-order valence-corrected chi connectivity index (χ4v) is 2.44. The minimum Gasteiger partial charge on any atom is -0.348 e. The van der Waals surface area contributed by atoms with Crippen LogP contribution >= 0.6 is 12.4 Å². The number of anilines is 5. The number of rotatable bonds is 7. The average molecular weight is 413 g/mol. The molecule has 0 spiro atoms. The number of halogens is 2. The van der Waals surface area contributed by atoms with Gasteiger partial charge in [0.15, 0.2) is 0 Å². The SMILES string of the molecule is Cl.Fc1ccc(Nc2nc(NCc3cnc[nH]3)nc(Nc3ccccc3)n2)cc1. The molecule has 0 aliphatic heterocycles. The van der Waals surface area contributed by atoms with Gasteiger partial charge in [-0.05, 0) is 36.4 Å². The van der Waals surface area contributed by atoms with E-state index < -0.39 is 0 Å². The standard InChI is InChI=1S/C19H17FN8.ClH/c20-13-6-8-15(9-7-13)25-19-27-17(22-11-16-10-21-12-23-16)26-18(28-19)24-14-4-2-1-3-5-14;/h1-10,12H,11H2,(H,21,23)(H3,22,24,25,26,27,28);1H. The maximum absolute atomic E-state index is 13.1. The van der Waals surface area contributed by atoms with Gasteiger partial charge >= 0.3 is 0 Å². The van der Waals surface area contributed by atoms with Crippen molar-refractivity contribution in [2.75, 3.05) is 16.0 Å². The van der Waals surface area contributed by atoms with Crippen LogP contribution in [0.5, 0.6) is 0 Å². The van der Waals surface area contributed by atoms with Crippen molar-refractivity contribution in [3.05, 3.63) is 78.6 Å². The highest BCUT2D eigenvalue weighted by Crippen LogP contribution is 2.19. The summed E-state index contributed by atoms with van der Waals surface area (Å²) in [6.07, 6.45) is 3.32. The number of para-hydroxylation sites is 1. The van der Waals surface area contributed by atoms with Crippen molar-refractivity contribution in [2.45, 2.75) is 6.54 Å². The highest BCUT2D eigenvalue weighted by Gasteiger charge is 2.08. The van der Waals surface area contributed by atoms with E-state index in [2.05, 4.69) is 40.9 Å². The summed E-state index contributed by atoms with van der Waals surface area (Å²) in [6, 6.07) is 15.5. The third-order valence-corrected chi connectivity index (χ3v) is 3.76. The van der Waals surface area contributed by atoms with Gasteiger partial charge in [0.1, 0.15) is 5.82 Å². The van der Waals surface area contributed by atoms with Gasteiger partial charge in [-0.25, -0.2) is 9.37 Å². The molecule has 4 N–H and O–H groups in total. The van der Waals surface area contributed by atoms with Crippen molar-refractivity contribution in [3.8, 4) is 0 Å². The molecule has 0 saturated heterocycles. The second-order valence-corrected chi connectivity index (χ2v) is 5.86. The van der Waals surface area contributed by atoms with E-state index in [0.717, 1.165) is 11.4 Å². The molecule has 0 bridgehead atoms. The Kier molecular flexibility index (Phi) is 6.54. The van der Waals surface area contributed by atoms with Gasteiger partial charge in [0.2, 0.25) is 17.8 Å². The quantitative estimate of drug-likeness (QED) is 0.359. The number of hydrogen-bond donors (Lipinski definition) is 4. The second-order valence-electron chi connectivity index (χ2n) is 5.86. The highest BCUT2D eigenvalue weighted by molar-refractivity contribution is 5.85. The monoisotopic (exact) mass is 412 g/mol. The van der Waals surface area contributed by atoms with Crippen LogP contribution in [-0.2, 0) is 6.54 Å². The first-order valence-electron chi connectivity index (χ1n) is 8.56. The summed E-state index contributed by atoms with van der Waals surface area (Å²) >= 11 is 0. The lowest BCUT2D eigenvalue weighted by Gasteiger charge is -2.11. The summed E-state index contributed by atoms with van der Waals surface area (Å²) in [6.45, 7) is 0.477. The molecule has 10 heteroatoms. The van der Waals surface area contributed by atoms with E-state index in [0.29, 0.717) is 30.1 Å². The second kappa shape index (κ2) is 9.47. The number of nitrogens with zero attached hydrogens (tertiary/aromatic N) is 4. The number of hydrogen-bond acceptors (Lipinski definition) is 7. The molecule has 0 radical (unpaired) electrons. The van der Waals surface area contributed by atoms with Crippen LogP contribution in [0.4, 0.5) is 33.6 Å². The molecule has 0 atom stereocenters. The number of nitrogens with one attached hydrogen (secondary N) is 4. The van der Waals surface area contributed by atoms with E-state index in [1.165, 1.54) is 12.1 Å². The maximum atomic E-state index is 13.1. The van der Waals surface area contributed by atoms with Gasteiger partial charge in [-0.2, -0.15) is 15.0 Å². The smallest absolute Gasteiger partial charge is 0.233 e. The molecule has 4 rings (SSSR count). The molecule has 8 nitrogen and oxygen atoms in total. The average Bonchev–Trinajstić information content (AvgIpc) is 3.23. The van der Waals surface area contributed by atoms with E-state index in [-0.39, 0.29) is 18.2 Å². The molecule has 0 aliphatic carbocycles. The third-order valence-electron chi connectivity index (χ3n) is 3.76. The van der Waals surface area contributed by atoms with Gasteiger partial charge < -0.3 is 20.9 Å². The Bertz CT molecular complexity index is 1030. The van der Waals surface area contributed by atoms with Crippen molar-refractivity contribution in [1.29, 1.82) is 0 Å². The molecule has 2 aromatic heterocycles. The number of imidazole rings is 1. The Morgan fingerprint density at radius 1 is 0.793 bits per heavy atom. The van der Waals surface area contributed by atoms with Crippen LogP contribution in [0.3, 0.4) is 0 Å². The van der Waals surface area contributed by atoms with Crippen molar-refractivity contribution in [3.63, 3.8) is 0 Å². The van der Waals surface area contributed by atoms with Gasteiger partial charge in [0.25, 0.3) is 0 Å². The largest absolute Gasteiger partial charge is 0.348 e. The predicted molar refractivity (Wildman–Crippen MR) is 112 cm³/mol. The summed E-state index contributed by atoms with van der Waals surface area (Å²) in [7, 11) is 0. The molecule has 148 valence electrons. The van der Waals surface area contributed by atoms with Crippen LogP contribution in [0.1, 0.15) is 5.69 Å². The lowest BCUT2D eigenvalue weighted by atomic mass is 10.3. The van der Waals surface area contributed by atoms with Crippen LogP contribution in [-0.4, -0.2) is 24.9 Å². The van der Waals surface area contributed by atoms with Crippen LogP contribution in [0, 0.1) is 5.82 Å². The lowest BCUT2D eigenvalue weighted by Crippen LogP contribution is -2.09. The van der Waals surface area contributed by atoms with Gasteiger partial charge in [-0.3, -0.25) is 0 Å². The molecule has 4 aromatic rings. The third kappa shape index (κ3) is 5.63. The minimum absolute atomic E-state index is 0. The summed E-state index contributed by atoms with van der Waals surface area (Å²) < 4.78 is 13.1. The zero-order chi connectivity index (χ0) is 19.2. The normalized spacial score (nSPS) is 10.1. The highest BCUT2D eigenvalue weighted by atomic mass is 35.5. The Labute approximate surface area is 172 Å². The Hall–Kier alpha value is -3.72. The van der Waals surface area contributed by atoms with E-state index in [9.17, 15) is 4.39 Å². The number of benzene rings is 2. The number of aromatic nitrogens is 5. The topological polar surface area (TPSA) is 103 Å². The van der Waals surface area contributed by atoms with E-state index in [4.69, 9.17) is 0 Å². The zero-order valence-electron chi connectivity index (χ0n) is 15.1. The summed E-state index contributed by atoms with van der Waals surface area (Å²) in [5.74, 6) is 0.771. The van der Waals surface area contributed by atoms with Crippen molar-refractivity contribution in [2.24, 2.45) is 0 Å². The summed E-state index contributed by atoms with van der Waals surface area (Å²) in [4.78, 5) is 20.2. The van der Waals surface area contributed by atoms with Crippen LogP contribution in [0.2, 0.25) is 0 Å². The summed E-state index contributed by atoms with van der Waals surface area (Å²) in [5.41, 5.74) is 2.41. The molecular weight excluding hydrogens is 395 g/mol. The van der Waals surface area contributed by atoms with Crippen molar-refractivity contribution < 1.29 is 4.39 Å². The van der Waals surface area contributed by atoms with Crippen LogP contribution in [0.25, 0.3) is 0 Å². The van der Waals surface area contributed by atoms with Gasteiger partial charge in [0.05, 0.1) is 18.6 Å². The van der Waals surface area contributed by atoms with E-state index in [1.54, 1.807) is 24.7 Å². The van der Waals surface area contributed by atoms with E-state index in [1.807, 2.05) is 30.3 Å². The fourth-order valence-electron chi connectivity index (χ4n) is 2.44. The molecule has 0 saturated carbocycles. The fraction of sp³-hybridized carbons (Fsp3) is 0.0526. The Morgan fingerprint density at radius 2 is 1.41 bits per heavy atom. The first kappa shape index (κ1) is 20.0. The van der Waals surface area contributed by atoms with E-state index >= 15 is 0 Å². The molecule has 0 aliphatic rings. The van der Waals surface area contributed by atoms with Crippen LogP contribution in [0.15, 0.2) is 67.1 Å². The first-order chi connectivity index (χ1) is 13.7. The summed E-state index contributed by atoms with van der Waals surface area (Å²) in [5, 5.41) is 9.35. The van der Waals surface area contributed by atoms with Crippen molar-refractivity contribution >= 4 is 41.6 Å².